The van der Waals surface area contributed by atoms with Crippen LogP contribution in [0.1, 0.15) is 35.6 Å². The van der Waals surface area contributed by atoms with Crippen LogP contribution in [-0.4, -0.2) is 5.11 Å². The summed E-state index contributed by atoms with van der Waals surface area (Å²) in [6, 6.07) is 3.87. The molecule has 13 heavy (non-hydrogen) atoms. The van der Waals surface area contributed by atoms with E-state index >= 15 is 0 Å². The third kappa shape index (κ3) is 1.59. The number of aryl methyl sites for hydroxylation is 1. The van der Waals surface area contributed by atoms with Gasteiger partial charge in [-0.1, -0.05) is 11.6 Å². The molecule has 2 heteroatoms. The first kappa shape index (κ1) is 9.04. The molecule has 0 radical (unpaired) electrons. The molecule has 1 aromatic rings. The maximum Gasteiger partial charge on any atom is 0.0793 e. The van der Waals surface area contributed by atoms with Gasteiger partial charge in [0, 0.05) is 5.02 Å². The van der Waals surface area contributed by atoms with Crippen molar-refractivity contribution in [2.45, 2.75) is 32.3 Å². The second-order valence-corrected chi connectivity index (χ2v) is 4.13. The topological polar surface area (TPSA) is 20.2 Å². The van der Waals surface area contributed by atoms with E-state index in [1.807, 2.05) is 12.1 Å². The number of halogens is 1. The van der Waals surface area contributed by atoms with Crippen LogP contribution < -0.4 is 0 Å². The number of hydrogen-bond acceptors (Lipinski definition) is 1. The molecule has 1 nitrogen and oxygen atoms in total. The van der Waals surface area contributed by atoms with E-state index in [1.54, 1.807) is 0 Å². The first-order valence-corrected chi connectivity index (χ1v) is 5.03. The minimum absolute atomic E-state index is 0.304. The highest BCUT2D eigenvalue weighted by molar-refractivity contribution is 6.30. The van der Waals surface area contributed by atoms with Crippen molar-refractivity contribution >= 4 is 11.6 Å². The van der Waals surface area contributed by atoms with Crippen molar-refractivity contribution < 1.29 is 5.11 Å². The number of aliphatic hydroxyl groups excluding tert-OH is 1. The molecular weight excluding hydrogens is 184 g/mol. The highest BCUT2D eigenvalue weighted by Crippen LogP contribution is 2.33. The minimum atomic E-state index is -0.304. The van der Waals surface area contributed by atoms with Gasteiger partial charge in [-0.3, -0.25) is 0 Å². The lowest BCUT2D eigenvalue weighted by Crippen LogP contribution is -2.10. The summed E-state index contributed by atoms with van der Waals surface area (Å²) in [6.45, 7) is 2.06. The molecule has 0 heterocycles. The standard InChI is InChI=1S/C11H13ClO/c1-7-5-8(12)6-10-9(7)3-2-4-11(10)13/h5-6,11,13H,2-4H2,1H3. The normalized spacial score (nSPS) is 21.3. The molecule has 70 valence electrons. The Kier molecular flexibility index (Phi) is 2.31. The maximum absolute atomic E-state index is 9.75. The average molecular weight is 197 g/mol. The second kappa shape index (κ2) is 3.32. The van der Waals surface area contributed by atoms with Crippen LogP contribution in [0.4, 0.5) is 0 Å². The highest BCUT2D eigenvalue weighted by Gasteiger charge is 2.19. The molecule has 0 fully saturated rings. The lowest BCUT2D eigenvalue weighted by molar-refractivity contribution is 0.156. The van der Waals surface area contributed by atoms with Gasteiger partial charge < -0.3 is 5.11 Å². The van der Waals surface area contributed by atoms with E-state index in [9.17, 15) is 5.11 Å². The summed E-state index contributed by atoms with van der Waals surface area (Å²) in [6.07, 6.45) is 2.72. The third-order valence-corrected chi connectivity index (χ3v) is 2.95. The van der Waals surface area contributed by atoms with E-state index in [2.05, 4.69) is 6.92 Å². The van der Waals surface area contributed by atoms with Gasteiger partial charge in [0.1, 0.15) is 0 Å². The SMILES string of the molecule is Cc1cc(Cl)cc2c1CCCC2O. The lowest BCUT2D eigenvalue weighted by atomic mass is 9.87. The zero-order chi connectivity index (χ0) is 9.42. The van der Waals surface area contributed by atoms with E-state index in [0.717, 1.165) is 29.8 Å². The summed E-state index contributed by atoms with van der Waals surface area (Å²) in [5.74, 6) is 0. The van der Waals surface area contributed by atoms with Gasteiger partial charge in [0.2, 0.25) is 0 Å². The molecule has 1 N–H and O–H groups in total. The Morgan fingerprint density at radius 3 is 3.00 bits per heavy atom. The summed E-state index contributed by atoms with van der Waals surface area (Å²) in [4.78, 5) is 0. The Hall–Kier alpha value is -0.530. The number of rotatable bonds is 0. The smallest absolute Gasteiger partial charge is 0.0793 e. The molecular formula is C11H13ClO. The number of hydrogen-bond donors (Lipinski definition) is 1. The van der Waals surface area contributed by atoms with E-state index < -0.39 is 0 Å². The Balaban J connectivity index is 2.56. The van der Waals surface area contributed by atoms with E-state index in [1.165, 1.54) is 11.1 Å². The fraction of sp³-hybridized carbons (Fsp3) is 0.455. The molecule has 0 aliphatic heterocycles. The Bertz CT molecular complexity index is 333. The van der Waals surface area contributed by atoms with Gasteiger partial charge in [-0.25, -0.2) is 0 Å². The molecule has 1 aromatic carbocycles. The monoisotopic (exact) mass is 196 g/mol. The second-order valence-electron chi connectivity index (χ2n) is 3.70. The largest absolute Gasteiger partial charge is 0.388 e. The van der Waals surface area contributed by atoms with Crippen molar-refractivity contribution in [1.82, 2.24) is 0 Å². The summed E-state index contributed by atoms with van der Waals surface area (Å²) >= 11 is 5.94. The van der Waals surface area contributed by atoms with Crippen LogP contribution in [0, 0.1) is 6.92 Å². The molecule has 1 atom stereocenters. The zero-order valence-corrected chi connectivity index (χ0v) is 8.43. The Morgan fingerprint density at radius 1 is 1.46 bits per heavy atom. The van der Waals surface area contributed by atoms with Gasteiger partial charge >= 0.3 is 0 Å². The molecule has 0 aromatic heterocycles. The van der Waals surface area contributed by atoms with Crippen molar-refractivity contribution in [2.24, 2.45) is 0 Å². The van der Waals surface area contributed by atoms with Crippen LogP contribution in [0.5, 0.6) is 0 Å². The van der Waals surface area contributed by atoms with Crippen LogP contribution in [0.3, 0.4) is 0 Å². The minimum Gasteiger partial charge on any atom is -0.388 e. The van der Waals surface area contributed by atoms with Gasteiger partial charge in [-0.15, -0.1) is 0 Å². The summed E-state index contributed by atoms with van der Waals surface area (Å²) in [5.41, 5.74) is 3.54. The number of benzene rings is 1. The van der Waals surface area contributed by atoms with Gasteiger partial charge in [0.05, 0.1) is 6.10 Å². The predicted molar refractivity (Wildman–Crippen MR) is 54.1 cm³/mol. The Morgan fingerprint density at radius 2 is 2.23 bits per heavy atom. The van der Waals surface area contributed by atoms with Crippen molar-refractivity contribution in [1.29, 1.82) is 0 Å². The van der Waals surface area contributed by atoms with Gasteiger partial charge in [0.15, 0.2) is 0 Å². The summed E-state index contributed by atoms with van der Waals surface area (Å²) < 4.78 is 0. The number of aliphatic hydroxyl groups is 1. The summed E-state index contributed by atoms with van der Waals surface area (Å²) in [5, 5.41) is 10.5. The third-order valence-electron chi connectivity index (χ3n) is 2.74. The maximum atomic E-state index is 9.75. The molecule has 0 saturated heterocycles. The zero-order valence-electron chi connectivity index (χ0n) is 7.68. The van der Waals surface area contributed by atoms with Crippen LogP contribution >= 0.6 is 11.6 Å². The van der Waals surface area contributed by atoms with E-state index in [0.29, 0.717) is 0 Å². The highest BCUT2D eigenvalue weighted by atomic mass is 35.5. The van der Waals surface area contributed by atoms with Crippen LogP contribution in [0.2, 0.25) is 5.02 Å². The first-order chi connectivity index (χ1) is 6.18. The predicted octanol–water partition coefficient (Wildman–Crippen LogP) is 3.02. The van der Waals surface area contributed by atoms with Gasteiger partial charge in [0.25, 0.3) is 0 Å². The molecule has 0 spiro atoms. The van der Waals surface area contributed by atoms with Crippen molar-refractivity contribution in [3.63, 3.8) is 0 Å². The fourth-order valence-corrected chi connectivity index (χ4v) is 2.35. The van der Waals surface area contributed by atoms with E-state index in [-0.39, 0.29) is 6.10 Å². The van der Waals surface area contributed by atoms with Gasteiger partial charge in [-0.05, 0) is 55.0 Å². The molecule has 2 rings (SSSR count). The van der Waals surface area contributed by atoms with Crippen molar-refractivity contribution in [3.8, 4) is 0 Å². The van der Waals surface area contributed by atoms with Crippen molar-refractivity contribution in [3.05, 3.63) is 33.8 Å². The molecule has 0 saturated carbocycles. The van der Waals surface area contributed by atoms with Crippen LogP contribution in [0.15, 0.2) is 12.1 Å². The lowest BCUT2D eigenvalue weighted by Gasteiger charge is -2.23. The quantitative estimate of drug-likeness (QED) is 0.677. The van der Waals surface area contributed by atoms with Crippen molar-refractivity contribution in [2.75, 3.05) is 0 Å². The van der Waals surface area contributed by atoms with Crippen LogP contribution in [0.25, 0.3) is 0 Å². The Labute approximate surface area is 83.3 Å². The van der Waals surface area contributed by atoms with Gasteiger partial charge in [-0.2, -0.15) is 0 Å². The molecule has 0 bridgehead atoms. The molecule has 1 unspecified atom stereocenters. The average Bonchev–Trinajstić information content (AvgIpc) is 2.07. The number of fused-ring (bicyclic) bond motifs is 1. The first-order valence-electron chi connectivity index (χ1n) is 4.65. The van der Waals surface area contributed by atoms with Crippen LogP contribution in [-0.2, 0) is 6.42 Å². The summed E-state index contributed by atoms with van der Waals surface area (Å²) in [7, 11) is 0. The molecule has 1 aliphatic rings. The molecule has 1 aliphatic carbocycles. The molecule has 0 amide bonds. The van der Waals surface area contributed by atoms with E-state index in [4.69, 9.17) is 11.6 Å². The fourth-order valence-electron chi connectivity index (χ4n) is 2.07.